The number of nitrogens with one attached hydrogen (secondary N) is 2. The smallest absolute Gasteiger partial charge is 0.259 e. The molecule has 1 heterocycles. The first-order valence-corrected chi connectivity index (χ1v) is 8.50. The van der Waals surface area contributed by atoms with Crippen molar-refractivity contribution in [2.45, 2.75) is 18.2 Å². The van der Waals surface area contributed by atoms with Gasteiger partial charge >= 0.3 is 0 Å². The number of fused-ring (bicyclic) bond motifs is 1. The molecule has 3 amide bonds. The van der Waals surface area contributed by atoms with E-state index >= 15 is 0 Å². The van der Waals surface area contributed by atoms with Gasteiger partial charge in [0.05, 0.1) is 11.1 Å². The number of thioether (sulfide) groups is 1. The number of aryl methyl sites for hydroxylation is 1. The van der Waals surface area contributed by atoms with E-state index in [1.165, 1.54) is 11.6 Å². The topological polar surface area (TPSA) is 75.3 Å². The van der Waals surface area contributed by atoms with Gasteiger partial charge in [0.15, 0.2) is 0 Å². The van der Waals surface area contributed by atoms with Gasteiger partial charge in [-0.25, -0.2) is 0 Å². The molecule has 2 aromatic carbocycles. The van der Waals surface area contributed by atoms with Crippen LogP contribution in [-0.4, -0.2) is 23.5 Å². The molecule has 0 bridgehead atoms. The van der Waals surface area contributed by atoms with Crippen LogP contribution in [-0.2, 0) is 4.79 Å². The normalized spacial score (nSPS) is 12.7. The zero-order valence-corrected chi connectivity index (χ0v) is 13.9. The molecule has 2 N–H and O–H groups in total. The van der Waals surface area contributed by atoms with E-state index in [9.17, 15) is 14.4 Å². The predicted octanol–water partition coefficient (Wildman–Crippen LogP) is 3.00. The average molecular weight is 340 g/mol. The maximum Gasteiger partial charge on any atom is 0.259 e. The molecule has 0 saturated carbocycles. The maximum atomic E-state index is 12.0. The Hall–Kier alpha value is -2.60. The Morgan fingerprint density at radius 2 is 1.75 bits per heavy atom. The van der Waals surface area contributed by atoms with Gasteiger partial charge in [0.25, 0.3) is 11.8 Å². The van der Waals surface area contributed by atoms with E-state index in [2.05, 4.69) is 10.6 Å². The molecular weight excluding hydrogens is 324 g/mol. The first kappa shape index (κ1) is 16.3. The third-order valence-corrected chi connectivity index (χ3v) is 4.65. The molecule has 0 unspecified atom stereocenters. The van der Waals surface area contributed by atoms with Gasteiger partial charge < -0.3 is 5.32 Å². The van der Waals surface area contributed by atoms with E-state index in [0.29, 0.717) is 29.0 Å². The number of amides is 3. The second-order valence-corrected chi connectivity index (χ2v) is 6.67. The number of imide groups is 1. The van der Waals surface area contributed by atoms with Gasteiger partial charge in [-0.1, -0.05) is 17.7 Å². The Labute approximate surface area is 143 Å². The van der Waals surface area contributed by atoms with Crippen molar-refractivity contribution < 1.29 is 14.4 Å². The molecule has 0 fully saturated rings. The summed E-state index contributed by atoms with van der Waals surface area (Å²) in [5, 5.41) is 4.98. The third kappa shape index (κ3) is 3.65. The highest BCUT2D eigenvalue weighted by Gasteiger charge is 2.26. The summed E-state index contributed by atoms with van der Waals surface area (Å²) in [7, 11) is 0. The minimum atomic E-state index is -0.430. The second kappa shape index (κ2) is 6.88. The molecule has 0 aliphatic carbocycles. The molecule has 122 valence electrons. The van der Waals surface area contributed by atoms with Crippen LogP contribution in [0.3, 0.4) is 0 Å². The van der Waals surface area contributed by atoms with Crippen LogP contribution in [0.25, 0.3) is 0 Å². The first-order chi connectivity index (χ1) is 11.5. The lowest BCUT2D eigenvalue weighted by atomic mass is 10.1. The Bertz CT molecular complexity index is 816. The number of anilines is 1. The lowest BCUT2D eigenvalue weighted by Gasteiger charge is -2.06. The molecule has 0 spiro atoms. The molecular formula is C18H16N2O3S. The SMILES string of the molecule is Cc1ccc(SCCC(=O)Nc2ccc3c(c2)C(=O)NC3=O)cc1. The largest absolute Gasteiger partial charge is 0.326 e. The van der Waals surface area contributed by atoms with E-state index in [1.54, 1.807) is 23.9 Å². The lowest BCUT2D eigenvalue weighted by Crippen LogP contribution is -2.19. The van der Waals surface area contributed by atoms with Crippen LogP contribution < -0.4 is 10.6 Å². The maximum absolute atomic E-state index is 12.0. The molecule has 1 aliphatic heterocycles. The summed E-state index contributed by atoms with van der Waals surface area (Å²) in [6.45, 7) is 2.03. The van der Waals surface area contributed by atoms with E-state index in [-0.39, 0.29) is 5.91 Å². The van der Waals surface area contributed by atoms with E-state index in [0.717, 1.165) is 4.90 Å². The predicted molar refractivity (Wildman–Crippen MR) is 93.4 cm³/mol. The number of carbonyl (C=O) groups is 3. The van der Waals surface area contributed by atoms with Crippen molar-refractivity contribution in [3.8, 4) is 0 Å². The van der Waals surface area contributed by atoms with Crippen LogP contribution in [0.15, 0.2) is 47.4 Å². The quantitative estimate of drug-likeness (QED) is 0.648. The molecule has 0 saturated heterocycles. The molecule has 1 aliphatic rings. The van der Waals surface area contributed by atoms with Crippen LogP contribution >= 0.6 is 11.8 Å². The van der Waals surface area contributed by atoms with Crippen LogP contribution in [0, 0.1) is 6.92 Å². The Morgan fingerprint density at radius 3 is 2.50 bits per heavy atom. The summed E-state index contributed by atoms with van der Waals surface area (Å²) in [4.78, 5) is 36.2. The van der Waals surface area contributed by atoms with Crippen LogP contribution in [0.2, 0.25) is 0 Å². The molecule has 0 aromatic heterocycles. The number of hydrogen-bond acceptors (Lipinski definition) is 4. The Balaban J connectivity index is 1.54. The van der Waals surface area contributed by atoms with Crippen molar-refractivity contribution in [3.05, 3.63) is 59.2 Å². The summed E-state index contributed by atoms with van der Waals surface area (Å²) >= 11 is 1.62. The van der Waals surface area contributed by atoms with Crippen molar-refractivity contribution in [2.75, 3.05) is 11.1 Å². The van der Waals surface area contributed by atoms with Gasteiger partial charge in [-0.15, -0.1) is 11.8 Å². The van der Waals surface area contributed by atoms with Crippen molar-refractivity contribution in [3.63, 3.8) is 0 Å². The molecule has 5 nitrogen and oxygen atoms in total. The van der Waals surface area contributed by atoms with Crippen molar-refractivity contribution in [1.29, 1.82) is 0 Å². The molecule has 2 aromatic rings. The zero-order chi connectivity index (χ0) is 17.1. The van der Waals surface area contributed by atoms with Gasteiger partial charge in [-0.3, -0.25) is 19.7 Å². The van der Waals surface area contributed by atoms with Crippen molar-refractivity contribution in [1.82, 2.24) is 5.32 Å². The lowest BCUT2D eigenvalue weighted by molar-refractivity contribution is -0.115. The summed E-state index contributed by atoms with van der Waals surface area (Å²) in [5.41, 5.74) is 2.36. The number of rotatable bonds is 5. The van der Waals surface area contributed by atoms with Gasteiger partial charge in [-0.2, -0.15) is 0 Å². The summed E-state index contributed by atoms with van der Waals surface area (Å²) in [6, 6.07) is 12.9. The average Bonchev–Trinajstić information content (AvgIpc) is 2.83. The van der Waals surface area contributed by atoms with Crippen LogP contribution in [0.1, 0.15) is 32.7 Å². The highest BCUT2D eigenvalue weighted by Crippen LogP contribution is 2.22. The fourth-order valence-corrected chi connectivity index (χ4v) is 3.22. The monoisotopic (exact) mass is 340 g/mol. The fourth-order valence-electron chi connectivity index (χ4n) is 2.37. The van der Waals surface area contributed by atoms with Gasteiger partial charge in [0.1, 0.15) is 0 Å². The highest BCUT2D eigenvalue weighted by atomic mass is 32.2. The van der Waals surface area contributed by atoms with Crippen molar-refractivity contribution in [2.24, 2.45) is 0 Å². The summed E-state index contributed by atoms with van der Waals surface area (Å²) in [6.07, 6.45) is 0.362. The highest BCUT2D eigenvalue weighted by molar-refractivity contribution is 7.99. The Kier molecular flexibility index (Phi) is 4.66. The molecule has 0 atom stereocenters. The second-order valence-electron chi connectivity index (χ2n) is 5.50. The fraction of sp³-hybridized carbons (Fsp3) is 0.167. The van der Waals surface area contributed by atoms with E-state index in [4.69, 9.17) is 0 Å². The number of carbonyl (C=O) groups excluding carboxylic acids is 3. The first-order valence-electron chi connectivity index (χ1n) is 7.52. The van der Waals surface area contributed by atoms with Crippen molar-refractivity contribution >= 4 is 35.2 Å². The number of hydrogen-bond donors (Lipinski definition) is 2. The standard InChI is InChI=1S/C18H16N2O3S/c1-11-2-5-13(6-3-11)24-9-8-16(21)19-12-4-7-14-15(10-12)18(23)20-17(14)22/h2-7,10H,8-9H2,1H3,(H,19,21)(H,20,22,23). The third-order valence-electron chi connectivity index (χ3n) is 3.64. The van der Waals surface area contributed by atoms with E-state index < -0.39 is 11.8 Å². The molecule has 0 radical (unpaired) electrons. The van der Waals surface area contributed by atoms with Gasteiger partial charge in [-0.05, 0) is 37.3 Å². The molecule has 24 heavy (non-hydrogen) atoms. The number of benzene rings is 2. The minimum Gasteiger partial charge on any atom is -0.326 e. The Morgan fingerprint density at radius 1 is 1.04 bits per heavy atom. The minimum absolute atomic E-state index is 0.126. The van der Waals surface area contributed by atoms with Gasteiger partial charge in [0, 0.05) is 22.8 Å². The van der Waals surface area contributed by atoms with Gasteiger partial charge in [0.2, 0.25) is 5.91 Å². The summed E-state index contributed by atoms with van der Waals surface area (Å²) in [5.74, 6) is -0.290. The van der Waals surface area contributed by atoms with Crippen LogP contribution in [0.4, 0.5) is 5.69 Å². The summed E-state index contributed by atoms with van der Waals surface area (Å²) < 4.78 is 0. The zero-order valence-electron chi connectivity index (χ0n) is 13.1. The molecule has 6 heteroatoms. The van der Waals surface area contributed by atoms with E-state index in [1.807, 2.05) is 31.2 Å². The molecule has 3 rings (SSSR count). The van der Waals surface area contributed by atoms with Crippen LogP contribution in [0.5, 0.6) is 0 Å².